The lowest BCUT2D eigenvalue weighted by molar-refractivity contribution is -0.121. The van der Waals surface area contributed by atoms with E-state index >= 15 is 0 Å². The smallest absolute Gasteiger partial charge is 0.257 e. The van der Waals surface area contributed by atoms with Gasteiger partial charge in [0.2, 0.25) is 11.8 Å². The number of imide groups is 1. The first kappa shape index (κ1) is 18.6. The van der Waals surface area contributed by atoms with Gasteiger partial charge in [-0.1, -0.05) is 18.2 Å². The average Bonchev–Trinajstić information content (AvgIpc) is 3.46. The Morgan fingerprint density at radius 1 is 1.00 bits per heavy atom. The third-order valence-corrected chi connectivity index (χ3v) is 6.47. The van der Waals surface area contributed by atoms with Gasteiger partial charge in [-0.15, -0.1) is 22.7 Å². The van der Waals surface area contributed by atoms with Gasteiger partial charge in [-0.2, -0.15) is 0 Å². The van der Waals surface area contributed by atoms with E-state index in [0.29, 0.717) is 22.1 Å². The summed E-state index contributed by atoms with van der Waals surface area (Å²) in [5.74, 6) is -0.864. The number of rotatable bonds is 4. The molecule has 9 heteroatoms. The maximum absolute atomic E-state index is 12.7. The molecule has 0 spiro atoms. The number of anilines is 2. The molecule has 4 aromatic rings. The highest BCUT2D eigenvalue weighted by Gasteiger charge is 2.30. The topological polar surface area (TPSA) is 92.3 Å². The maximum atomic E-state index is 12.7. The molecule has 0 radical (unpaired) electrons. The lowest BCUT2D eigenvalue weighted by Gasteiger charge is -2.14. The molecular formula is C21H14N4O3S2. The highest BCUT2D eigenvalue weighted by atomic mass is 32.1. The summed E-state index contributed by atoms with van der Waals surface area (Å²) in [7, 11) is 0. The Bertz CT molecular complexity index is 1260. The van der Waals surface area contributed by atoms with E-state index in [9.17, 15) is 14.4 Å². The van der Waals surface area contributed by atoms with Crippen LogP contribution in [0.25, 0.3) is 20.9 Å². The Morgan fingerprint density at radius 2 is 1.80 bits per heavy atom. The average molecular weight is 435 g/mol. The third kappa shape index (κ3) is 3.38. The van der Waals surface area contributed by atoms with Gasteiger partial charge >= 0.3 is 0 Å². The van der Waals surface area contributed by atoms with Gasteiger partial charge in [-0.05, 0) is 30.3 Å². The van der Waals surface area contributed by atoms with E-state index in [0.717, 1.165) is 20.1 Å². The van der Waals surface area contributed by atoms with Crippen LogP contribution in [0.15, 0.2) is 53.9 Å². The van der Waals surface area contributed by atoms with Crippen LogP contribution in [0.4, 0.5) is 10.8 Å². The monoisotopic (exact) mass is 434 g/mol. The summed E-state index contributed by atoms with van der Waals surface area (Å²) < 4.78 is 1.08. The van der Waals surface area contributed by atoms with Crippen molar-refractivity contribution in [2.45, 2.75) is 12.8 Å². The van der Waals surface area contributed by atoms with Crippen LogP contribution in [0, 0.1) is 0 Å². The standard InChI is InChI=1S/C21H14N4O3S2/c26-17-8-9-18(27)25(17)13-5-3-4-12(10-13)19(28)24-21-23-15(11-29-21)20-22-14-6-1-2-7-16(14)30-20/h1-7,10-11H,8-9H2,(H,23,24,28). The Morgan fingerprint density at radius 3 is 2.60 bits per heavy atom. The summed E-state index contributed by atoms with van der Waals surface area (Å²) >= 11 is 2.86. The van der Waals surface area contributed by atoms with E-state index in [2.05, 4.69) is 15.3 Å². The Hall–Kier alpha value is -3.43. The largest absolute Gasteiger partial charge is 0.298 e. The molecule has 148 valence electrons. The van der Waals surface area contributed by atoms with Crippen molar-refractivity contribution >= 4 is 61.4 Å². The number of para-hydroxylation sites is 1. The van der Waals surface area contributed by atoms with Crippen LogP contribution in [0.1, 0.15) is 23.2 Å². The summed E-state index contributed by atoms with van der Waals surface area (Å²) in [6.45, 7) is 0. The Balaban J connectivity index is 1.35. The van der Waals surface area contributed by atoms with Crippen molar-refractivity contribution in [3.63, 3.8) is 0 Å². The summed E-state index contributed by atoms with van der Waals surface area (Å²) in [5, 5.41) is 5.88. The lowest BCUT2D eigenvalue weighted by atomic mass is 10.2. The molecule has 3 heterocycles. The molecular weight excluding hydrogens is 420 g/mol. The van der Waals surface area contributed by atoms with E-state index in [-0.39, 0.29) is 30.6 Å². The summed E-state index contributed by atoms with van der Waals surface area (Å²) in [6.07, 6.45) is 0.395. The van der Waals surface area contributed by atoms with Gasteiger partial charge in [0.05, 0.1) is 15.9 Å². The number of hydrogen-bond donors (Lipinski definition) is 1. The zero-order chi connectivity index (χ0) is 20.7. The molecule has 0 bridgehead atoms. The first-order valence-corrected chi connectivity index (χ1v) is 10.9. The number of benzene rings is 2. The van der Waals surface area contributed by atoms with Crippen LogP contribution in [-0.2, 0) is 9.59 Å². The van der Waals surface area contributed by atoms with Crippen LogP contribution in [0.5, 0.6) is 0 Å². The van der Waals surface area contributed by atoms with Crippen molar-refractivity contribution in [1.82, 2.24) is 9.97 Å². The molecule has 1 saturated heterocycles. The van der Waals surface area contributed by atoms with Crippen molar-refractivity contribution in [3.8, 4) is 10.7 Å². The number of hydrogen-bond acceptors (Lipinski definition) is 7. The van der Waals surface area contributed by atoms with E-state index in [1.165, 1.54) is 11.3 Å². The van der Waals surface area contributed by atoms with E-state index < -0.39 is 0 Å². The zero-order valence-electron chi connectivity index (χ0n) is 15.5. The van der Waals surface area contributed by atoms with Crippen molar-refractivity contribution in [2.75, 3.05) is 10.2 Å². The van der Waals surface area contributed by atoms with Gasteiger partial charge < -0.3 is 0 Å². The third-order valence-electron chi connectivity index (χ3n) is 4.66. The van der Waals surface area contributed by atoms with Crippen LogP contribution in [0.2, 0.25) is 0 Å². The second-order valence-corrected chi connectivity index (χ2v) is 8.54. The number of nitrogens with one attached hydrogen (secondary N) is 1. The fourth-order valence-electron chi connectivity index (χ4n) is 3.23. The molecule has 1 aliphatic rings. The van der Waals surface area contributed by atoms with Gasteiger partial charge in [0.15, 0.2) is 5.13 Å². The van der Waals surface area contributed by atoms with Crippen molar-refractivity contribution in [3.05, 3.63) is 59.5 Å². The first-order valence-electron chi connectivity index (χ1n) is 9.17. The molecule has 5 rings (SSSR count). The second-order valence-electron chi connectivity index (χ2n) is 6.65. The van der Waals surface area contributed by atoms with E-state index in [1.807, 2.05) is 29.6 Å². The van der Waals surface area contributed by atoms with Crippen molar-refractivity contribution < 1.29 is 14.4 Å². The molecule has 1 fully saturated rings. The minimum Gasteiger partial charge on any atom is -0.298 e. The zero-order valence-corrected chi connectivity index (χ0v) is 17.1. The quantitative estimate of drug-likeness (QED) is 0.483. The number of thiazole rings is 2. The van der Waals surface area contributed by atoms with Crippen LogP contribution in [0.3, 0.4) is 0 Å². The maximum Gasteiger partial charge on any atom is 0.257 e. The summed E-state index contributed by atoms with van der Waals surface area (Å²) in [4.78, 5) is 46.8. The second kappa shape index (κ2) is 7.43. The molecule has 7 nitrogen and oxygen atoms in total. The van der Waals surface area contributed by atoms with Gasteiger partial charge in [0.1, 0.15) is 10.7 Å². The SMILES string of the molecule is O=C(Nc1nc(-c2nc3ccccc3s2)cs1)c1cccc(N2C(=O)CCC2=O)c1. The fraction of sp³-hybridized carbons (Fsp3) is 0.0952. The summed E-state index contributed by atoms with van der Waals surface area (Å²) in [6, 6.07) is 14.3. The lowest BCUT2D eigenvalue weighted by Crippen LogP contribution is -2.28. The van der Waals surface area contributed by atoms with Crippen molar-refractivity contribution in [1.29, 1.82) is 0 Å². The molecule has 3 amide bonds. The minimum atomic E-state index is -0.360. The highest BCUT2D eigenvalue weighted by molar-refractivity contribution is 7.22. The molecule has 0 aliphatic carbocycles. The predicted molar refractivity (Wildman–Crippen MR) is 117 cm³/mol. The number of carbonyl (C=O) groups excluding carboxylic acids is 3. The Labute approximate surface area is 179 Å². The number of amides is 3. The summed E-state index contributed by atoms with van der Waals surface area (Å²) in [5.41, 5.74) is 2.37. The normalized spacial score (nSPS) is 13.9. The molecule has 0 saturated carbocycles. The van der Waals surface area contributed by atoms with Crippen molar-refractivity contribution in [2.24, 2.45) is 0 Å². The molecule has 0 unspecified atom stereocenters. The first-order chi connectivity index (χ1) is 14.6. The van der Waals surface area contributed by atoms with E-state index in [1.54, 1.807) is 35.6 Å². The Kier molecular flexibility index (Phi) is 4.61. The predicted octanol–water partition coefficient (Wildman–Crippen LogP) is 4.33. The number of fused-ring (bicyclic) bond motifs is 1. The van der Waals surface area contributed by atoms with Gasteiger partial charge in [-0.25, -0.2) is 9.97 Å². The fourth-order valence-corrected chi connectivity index (χ4v) is 4.92. The van der Waals surface area contributed by atoms with Gasteiger partial charge in [0, 0.05) is 23.8 Å². The minimum absolute atomic E-state index is 0.197. The van der Waals surface area contributed by atoms with Crippen LogP contribution in [-0.4, -0.2) is 27.7 Å². The van der Waals surface area contributed by atoms with Gasteiger partial charge in [0.25, 0.3) is 5.91 Å². The van der Waals surface area contributed by atoms with Gasteiger partial charge in [-0.3, -0.25) is 24.6 Å². The number of aromatic nitrogens is 2. The molecule has 30 heavy (non-hydrogen) atoms. The highest BCUT2D eigenvalue weighted by Crippen LogP contribution is 2.32. The van der Waals surface area contributed by atoms with E-state index in [4.69, 9.17) is 0 Å². The number of nitrogens with zero attached hydrogens (tertiary/aromatic N) is 3. The number of carbonyl (C=O) groups is 3. The molecule has 1 aliphatic heterocycles. The van der Waals surface area contributed by atoms with Crippen LogP contribution < -0.4 is 10.2 Å². The molecule has 1 N–H and O–H groups in total. The van der Waals surface area contributed by atoms with Crippen LogP contribution >= 0.6 is 22.7 Å². The molecule has 2 aromatic heterocycles. The molecule has 2 aromatic carbocycles. The molecule has 0 atom stereocenters.